The van der Waals surface area contributed by atoms with Crippen molar-refractivity contribution < 1.29 is 22.7 Å². The summed E-state index contributed by atoms with van der Waals surface area (Å²) in [5.41, 5.74) is 1.77. The Morgan fingerprint density at radius 3 is 2.36 bits per heavy atom. The predicted octanol–water partition coefficient (Wildman–Crippen LogP) is 3.51. The maximum Gasteiger partial charge on any atom is 0.331 e. The molecule has 0 fully saturated rings. The normalized spacial score (nSPS) is 12.7. The number of anilines is 1. The first kappa shape index (κ1) is 24.1. The Kier molecular flexibility index (Phi) is 7.57. The molecule has 3 rings (SSSR count). The summed E-state index contributed by atoms with van der Waals surface area (Å²) in [4.78, 5) is 29.0. The number of rotatable bonds is 8. The third-order valence-corrected chi connectivity index (χ3v) is 6.17. The van der Waals surface area contributed by atoms with Gasteiger partial charge in [0.15, 0.2) is 6.10 Å². The first-order chi connectivity index (χ1) is 15.6. The lowest BCUT2D eigenvalue weighted by atomic mass is 10.2. The molecule has 3 aromatic rings. The van der Waals surface area contributed by atoms with E-state index in [0.717, 1.165) is 10.9 Å². The van der Waals surface area contributed by atoms with Crippen LogP contribution in [0.15, 0.2) is 71.6 Å². The minimum absolute atomic E-state index is 0.0844. The fourth-order valence-corrected chi connectivity index (χ4v) is 4.19. The molecular formula is C24H25N3O5S. The second-order valence-electron chi connectivity index (χ2n) is 7.63. The van der Waals surface area contributed by atoms with Crippen molar-refractivity contribution in [3.63, 3.8) is 0 Å². The van der Waals surface area contributed by atoms with Crippen molar-refractivity contribution in [1.82, 2.24) is 9.71 Å². The first-order valence-electron chi connectivity index (χ1n) is 10.3. The smallest absolute Gasteiger partial charge is 0.331 e. The minimum Gasteiger partial charge on any atom is -0.449 e. The highest BCUT2D eigenvalue weighted by molar-refractivity contribution is 7.89. The Hall–Kier alpha value is -3.56. The highest BCUT2D eigenvalue weighted by atomic mass is 32.2. The van der Waals surface area contributed by atoms with Gasteiger partial charge < -0.3 is 10.1 Å². The number of aromatic nitrogens is 1. The van der Waals surface area contributed by atoms with Crippen LogP contribution in [0.25, 0.3) is 17.0 Å². The Morgan fingerprint density at radius 2 is 1.67 bits per heavy atom. The number of hydrogen-bond acceptors (Lipinski definition) is 6. The van der Waals surface area contributed by atoms with Gasteiger partial charge in [0.05, 0.1) is 16.1 Å². The summed E-state index contributed by atoms with van der Waals surface area (Å²) in [6.45, 7) is 4.89. The summed E-state index contributed by atoms with van der Waals surface area (Å²) >= 11 is 0. The number of ether oxygens (including phenoxy) is 1. The Labute approximate surface area is 192 Å². The number of nitrogens with zero attached hydrogens (tertiary/aromatic N) is 1. The molecule has 0 saturated heterocycles. The third kappa shape index (κ3) is 6.71. The molecule has 0 saturated carbocycles. The molecule has 1 amide bonds. The van der Waals surface area contributed by atoms with Gasteiger partial charge in [-0.1, -0.05) is 24.3 Å². The Balaban J connectivity index is 1.56. The largest absolute Gasteiger partial charge is 0.449 e. The molecule has 172 valence electrons. The standard InChI is InChI=1S/C24H25N3O5S/c1-16(2)27-33(30,31)21-13-10-20(11-14-21)26-24(29)17(3)32-23(28)15-12-19-9-8-18-6-4-5-7-22(18)25-19/h4-17,27H,1-3H3,(H,26,29)/b15-12+. The van der Waals surface area contributed by atoms with Crippen molar-refractivity contribution in [1.29, 1.82) is 0 Å². The number of pyridine rings is 1. The lowest BCUT2D eigenvalue weighted by Gasteiger charge is -2.13. The zero-order valence-corrected chi connectivity index (χ0v) is 19.3. The van der Waals surface area contributed by atoms with Crippen molar-refractivity contribution in [2.45, 2.75) is 37.8 Å². The van der Waals surface area contributed by atoms with Gasteiger partial charge in [-0.05, 0) is 63.2 Å². The number of fused-ring (bicyclic) bond motifs is 1. The number of amides is 1. The molecule has 0 bridgehead atoms. The SMILES string of the molecule is CC(C)NS(=O)(=O)c1ccc(NC(=O)C(C)OC(=O)/C=C/c2ccc3ccccc3n2)cc1. The van der Waals surface area contributed by atoms with E-state index in [1.165, 1.54) is 43.3 Å². The average molecular weight is 468 g/mol. The van der Waals surface area contributed by atoms with E-state index in [9.17, 15) is 18.0 Å². The van der Waals surface area contributed by atoms with Crippen molar-refractivity contribution in [3.8, 4) is 0 Å². The summed E-state index contributed by atoms with van der Waals surface area (Å²) in [5.74, 6) is -1.23. The van der Waals surface area contributed by atoms with Gasteiger partial charge in [-0.15, -0.1) is 0 Å². The quantitative estimate of drug-likeness (QED) is 0.387. The number of esters is 1. The van der Waals surface area contributed by atoms with E-state index in [1.54, 1.807) is 19.9 Å². The average Bonchev–Trinajstić information content (AvgIpc) is 2.77. The molecule has 8 nitrogen and oxygen atoms in total. The molecule has 1 atom stereocenters. The van der Waals surface area contributed by atoms with Crippen LogP contribution < -0.4 is 10.0 Å². The highest BCUT2D eigenvalue weighted by Crippen LogP contribution is 2.15. The molecule has 0 spiro atoms. The molecule has 33 heavy (non-hydrogen) atoms. The monoisotopic (exact) mass is 467 g/mol. The van der Waals surface area contributed by atoms with Gasteiger partial charge in [0.25, 0.3) is 5.91 Å². The Bertz CT molecular complexity index is 1280. The van der Waals surface area contributed by atoms with E-state index < -0.39 is 28.0 Å². The summed E-state index contributed by atoms with van der Waals surface area (Å²) in [7, 11) is -3.62. The van der Waals surface area contributed by atoms with Crippen LogP contribution in [-0.4, -0.2) is 37.4 Å². The van der Waals surface area contributed by atoms with Crippen LogP contribution in [0.2, 0.25) is 0 Å². The van der Waals surface area contributed by atoms with E-state index in [1.807, 2.05) is 30.3 Å². The fraction of sp³-hybridized carbons (Fsp3) is 0.208. The van der Waals surface area contributed by atoms with Crippen LogP contribution in [-0.2, 0) is 24.3 Å². The zero-order chi connectivity index (χ0) is 24.0. The summed E-state index contributed by atoms with van der Waals surface area (Å²) < 4.78 is 32.0. The van der Waals surface area contributed by atoms with Crippen LogP contribution in [0.5, 0.6) is 0 Å². The molecule has 9 heteroatoms. The van der Waals surface area contributed by atoms with Crippen LogP contribution >= 0.6 is 0 Å². The van der Waals surface area contributed by atoms with Crippen molar-refractivity contribution >= 4 is 44.6 Å². The molecule has 0 aliphatic rings. The molecule has 1 heterocycles. The maximum absolute atomic E-state index is 12.3. The van der Waals surface area contributed by atoms with Gasteiger partial charge >= 0.3 is 5.97 Å². The van der Waals surface area contributed by atoms with E-state index >= 15 is 0 Å². The van der Waals surface area contributed by atoms with Gasteiger partial charge in [0.1, 0.15) is 0 Å². The maximum atomic E-state index is 12.3. The third-order valence-electron chi connectivity index (χ3n) is 4.50. The van der Waals surface area contributed by atoms with Gasteiger partial charge in [0, 0.05) is 23.2 Å². The minimum atomic E-state index is -3.62. The second kappa shape index (κ2) is 10.4. The van der Waals surface area contributed by atoms with Crippen LogP contribution in [0.3, 0.4) is 0 Å². The van der Waals surface area contributed by atoms with E-state index in [4.69, 9.17) is 4.74 Å². The molecule has 2 N–H and O–H groups in total. The summed E-state index contributed by atoms with van der Waals surface area (Å²) in [6.07, 6.45) is 1.67. The summed E-state index contributed by atoms with van der Waals surface area (Å²) in [5, 5.41) is 3.58. The number of sulfonamides is 1. The van der Waals surface area contributed by atoms with Crippen molar-refractivity contribution in [2.75, 3.05) is 5.32 Å². The molecule has 2 aromatic carbocycles. The van der Waals surface area contributed by atoms with Crippen LogP contribution in [0.1, 0.15) is 26.5 Å². The molecular weight excluding hydrogens is 442 g/mol. The van der Waals surface area contributed by atoms with Gasteiger partial charge in [-0.25, -0.2) is 22.9 Å². The Morgan fingerprint density at radius 1 is 0.970 bits per heavy atom. The molecule has 0 aliphatic heterocycles. The fourth-order valence-electron chi connectivity index (χ4n) is 2.93. The van der Waals surface area contributed by atoms with E-state index in [2.05, 4.69) is 15.0 Å². The van der Waals surface area contributed by atoms with Crippen LogP contribution in [0, 0.1) is 0 Å². The van der Waals surface area contributed by atoms with Crippen molar-refractivity contribution in [3.05, 3.63) is 72.4 Å². The van der Waals surface area contributed by atoms with E-state index in [0.29, 0.717) is 11.4 Å². The van der Waals surface area contributed by atoms with E-state index in [-0.39, 0.29) is 10.9 Å². The number of nitrogens with one attached hydrogen (secondary N) is 2. The number of benzene rings is 2. The number of carbonyl (C=O) groups excluding carboxylic acids is 2. The lowest BCUT2D eigenvalue weighted by molar-refractivity contribution is -0.148. The first-order valence-corrected chi connectivity index (χ1v) is 11.8. The highest BCUT2D eigenvalue weighted by Gasteiger charge is 2.18. The molecule has 0 radical (unpaired) electrons. The van der Waals surface area contributed by atoms with Gasteiger partial charge in [-0.2, -0.15) is 0 Å². The lowest BCUT2D eigenvalue weighted by Crippen LogP contribution is -2.30. The molecule has 1 aromatic heterocycles. The van der Waals surface area contributed by atoms with Crippen LogP contribution in [0.4, 0.5) is 5.69 Å². The van der Waals surface area contributed by atoms with Gasteiger partial charge in [-0.3, -0.25) is 4.79 Å². The predicted molar refractivity (Wildman–Crippen MR) is 127 cm³/mol. The number of hydrogen-bond donors (Lipinski definition) is 2. The summed E-state index contributed by atoms with van der Waals surface area (Å²) in [6, 6.07) is 16.8. The topological polar surface area (TPSA) is 114 Å². The second-order valence-corrected chi connectivity index (χ2v) is 9.34. The molecule has 0 aliphatic carbocycles. The number of carbonyl (C=O) groups is 2. The van der Waals surface area contributed by atoms with Gasteiger partial charge in [0.2, 0.25) is 10.0 Å². The number of para-hydroxylation sites is 1. The molecule has 1 unspecified atom stereocenters. The zero-order valence-electron chi connectivity index (χ0n) is 18.5. The van der Waals surface area contributed by atoms with Crippen molar-refractivity contribution in [2.24, 2.45) is 0 Å².